The zero-order valence-corrected chi connectivity index (χ0v) is 22.5. The highest BCUT2D eigenvalue weighted by Crippen LogP contribution is 2.31. The number of alkyl halides is 3. The van der Waals surface area contributed by atoms with Crippen LogP contribution in [0, 0.1) is 11.8 Å². The van der Waals surface area contributed by atoms with E-state index in [9.17, 15) is 18.0 Å². The summed E-state index contributed by atoms with van der Waals surface area (Å²) in [5.74, 6) is 5.98. The molecule has 2 aromatic heterocycles. The summed E-state index contributed by atoms with van der Waals surface area (Å²) in [5, 5.41) is 4.18. The van der Waals surface area contributed by atoms with Crippen LogP contribution < -0.4 is 0 Å². The Kier molecular flexibility index (Phi) is 8.01. The third kappa shape index (κ3) is 6.58. The fourth-order valence-electron chi connectivity index (χ4n) is 4.86. The SMILES string of the molecule is CCc1ccc(C(=O)Cc2cc(CN3CCN(C)CC3)cc(C(F)(F)F)c2)cc1C#Cc1cnc2ccnn2c1. The maximum atomic E-state index is 13.7. The quantitative estimate of drug-likeness (QED) is 0.255. The summed E-state index contributed by atoms with van der Waals surface area (Å²) < 4.78 is 42.8. The molecular formula is C31H30F3N5O. The maximum Gasteiger partial charge on any atom is 0.416 e. The van der Waals surface area contributed by atoms with Gasteiger partial charge in [0.15, 0.2) is 11.4 Å². The van der Waals surface area contributed by atoms with E-state index < -0.39 is 11.7 Å². The van der Waals surface area contributed by atoms with Crippen LogP contribution in [0.1, 0.15) is 50.7 Å². The molecule has 1 aliphatic rings. The van der Waals surface area contributed by atoms with Gasteiger partial charge >= 0.3 is 6.18 Å². The number of aryl methyl sites for hydroxylation is 1. The van der Waals surface area contributed by atoms with Crippen LogP contribution >= 0.6 is 0 Å². The molecular weight excluding hydrogens is 515 g/mol. The molecule has 1 aliphatic heterocycles. The van der Waals surface area contributed by atoms with Crippen molar-refractivity contribution < 1.29 is 18.0 Å². The molecule has 0 unspecified atom stereocenters. The van der Waals surface area contributed by atoms with Crippen LogP contribution in [0.5, 0.6) is 0 Å². The van der Waals surface area contributed by atoms with Gasteiger partial charge in [0.05, 0.1) is 17.3 Å². The lowest BCUT2D eigenvalue weighted by Crippen LogP contribution is -2.43. The predicted octanol–water partition coefficient (Wildman–Crippen LogP) is 4.88. The number of carbonyl (C=O) groups excluding carboxylic acids is 1. The Bertz CT molecular complexity index is 1590. The number of rotatable bonds is 6. The first-order valence-corrected chi connectivity index (χ1v) is 13.3. The van der Waals surface area contributed by atoms with Crippen LogP contribution in [-0.2, 0) is 25.6 Å². The number of likely N-dealkylation sites (N-methyl/N-ethyl adjacent to an activating group) is 1. The van der Waals surface area contributed by atoms with Gasteiger partial charge in [0.2, 0.25) is 0 Å². The lowest BCUT2D eigenvalue weighted by Gasteiger charge is -2.32. The van der Waals surface area contributed by atoms with Crippen molar-refractivity contribution in [2.75, 3.05) is 33.2 Å². The number of ketones is 1. The predicted molar refractivity (Wildman–Crippen MR) is 147 cm³/mol. The number of halogens is 3. The molecule has 6 nitrogen and oxygen atoms in total. The van der Waals surface area contributed by atoms with E-state index in [2.05, 4.69) is 31.7 Å². The van der Waals surface area contributed by atoms with Crippen molar-refractivity contribution in [3.05, 3.63) is 100.0 Å². The van der Waals surface area contributed by atoms with Crippen molar-refractivity contribution in [3.8, 4) is 11.8 Å². The molecule has 3 heterocycles. The van der Waals surface area contributed by atoms with Gasteiger partial charge in [0, 0.05) is 68.7 Å². The van der Waals surface area contributed by atoms with Gasteiger partial charge in [0.25, 0.3) is 0 Å². The molecule has 1 saturated heterocycles. The summed E-state index contributed by atoms with van der Waals surface area (Å²) >= 11 is 0. The number of aromatic nitrogens is 3. The largest absolute Gasteiger partial charge is 0.416 e. The van der Waals surface area contributed by atoms with Crippen LogP contribution in [0.25, 0.3) is 5.65 Å². The fraction of sp³-hybridized carbons (Fsp3) is 0.323. The molecule has 0 N–H and O–H groups in total. The summed E-state index contributed by atoms with van der Waals surface area (Å²) in [6.07, 6.45) is 1.20. The Labute approximate surface area is 231 Å². The lowest BCUT2D eigenvalue weighted by molar-refractivity contribution is -0.137. The number of Topliss-reactive ketones (excluding diaryl/α,β-unsaturated/α-hetero) is 1. The topological polar surface area (TPSA) is 53.7 Å². The van der Waals surface area contributed by atoms with Crippen molar-refractivity contribution in [1.82, 2.24) is 24.4 Å². The molecule has 0 bridgehead atoms. The smallest absolute Gasteiger partial charge is 0.304 e. The average Bonchev–Trinajstić information content (AvgIpc) is 3.40. The number of nitrogens with zero attached hydrogens (tertiary/aromatic N) is 5. The monoisotopic (exact) mass is 545 g/mol. The molecule has 2 aromatic carbocycles. The standard InChI is InChI=1S/C31H30F3N5O/c1-3-25-6-7-27(18-26(25)5-4-22-19-35-30-8-9-36-39(30)21-22)29(40)17-23-14-24(16-28(15-23)31(32,33)34)20-38-12-10-37(2)11-13-38/h6-9,14-16,18-19,21H,3,10-13,17,20H2,1-2H3. The van der Waals surface area contributed by atoms with Crippen molar-refractivity contribution in [1.29, 1.82) is 0 Å². The van der Waals surface area contributed by atoms with Gasteiger partial charge in [-0.2, -0.15) is 18.3 Å². The third-order valence-electron chi connectivity index (χ3n) is 7.15. The number of piperazine rings is 1. The Balaban J connectivity index is 1.38. The molecule has 0 atom stereocenters. The van der Waals surface area contributed by atoms with Crippen LogP contribution in [0.15, 0.2) is 61.1 Å². The van der Waals surface area contributed by atoms with Crippen molar-refractivity contribution in [2.24, 2.45) is 0 Å². The fourth-order valence-corrected chi connectivity index (χ4v) is 4.86. The minimum Gasteiger partial charge on any atom is -0.304 e. The first kappa shape index (κ1) is 27.6. The van der Waals surface area contributed by atoms with E-state index in [4.69, 9.17) is 0 Å². The molecule has 9 heteroatoms. The van der Waals surface area contributed by atoms with Crippen LogP contribution in [0.3, 0.4) is 0 Å². The molecule has 4 aromatic rings. The molecule has 0 aliphatic carbocycles. The van der Waals surface area contributed by atoms with Gasteiger partial charge in [-0.25, -0.2) is 9.50 Å². The van der Waals surface area contributed by atoms with Crippen molar-refractivity contribution >= 4 is 11.4 Å². The van der Waals surface area contributed by atoms with Crippen molar-refractivity contribution in [2.45, 2.75) is 32.5 Å². The van der Waals surface area contributed by atoms with E-state index in [1.165, 1.54) is 6.07 Å². The van der Waals surface area contributed by atoms with Gasteiger partial charge in [0.1, 0.15) is 0 Å². The maximum absolute atomic E-state index is 13.7. The number of benzene rings is 2. The molecule has 40 heavy (non-hydrogen) atoms. The molecule has 0 saturated carbocycles. The highest BCUT2D eigenvalue weighted by molar-refractivity contribution is 5.98. The molecule has 1 fully saturated rings. The Morgan fingerprint density at radius 2 is 1.77 bits per heavy atom. The zero-order chi connectivity index (χ0) is 28.3. The van der Waals surface area contributed by atoms with E-state index in [-0.39, 0.29) is 12.2 Å². The molecule has 0 spiro atoms. The van der Waals surface area contributed by atoms with Gasteiger partial charge in [-0.1, -0.05) is 37.0 Å². The summed E-state index contributed by atoms with van der Waals surface area (Å²) in [6, 6.07) is 11.1. The van der Waals surface area contributed by atoms with Gasteiger partial charge in [-0.3, -0.25) is 9.69 Å². The highest BCUT2D eigenvalue weighted by atomic mass is 19.4. The average molecular weight is 546 g/mol. The molecule has 5 rings (SSSR count). The van der Waals surface area contributed by atoms with E-state index in [0.717, 1.165) is 44.2 Å². The summed E-state index contributed by atoms with van der Waals surface area (Å²) in [7, 11) is 2.03. The molecule has 0 amide bonds. The Morgan fingerprint density at radius 3 is 2.52 bits per heavy atom. The van der Waals surface area contributed by atoms with Crippen LogP contribution in [-0.4, -0.2) is 63.4 Å². The number of hydrogen-bond donors (Lipinski definition) is 0. The van der Waals surface area contributed by atoms with E-state index in [0.29, 0.717) is 40.0 Å². The normalized spacial score (nSPS) is 14.7. The minimum atomic E-state index is -4.49. The lowest BCUT2D eigenvalue weighted by atomic mass is 9.95. The van der Waals surface area contributed by atoms with Gasteiger partial charge in [-0.05, 0) is 48.4 Å². The Hall–Kier alpha value is -4.00. The Morgan fingerprint density at radius 1 is 1.00 bits per heavy atom. The highest BCUT2D eigenvalue weighted by Gasteiger charge is 2.31. The first-order valence-electron chi connectivity index (χ1n) is 13.3. The minimum absolute atomic E-state index is 0.127. The summed E-state index contributed by atoms with van der Waals surface area (Å²) in [4.78, 5) is 22.0. The van der Waals surface area contributed by atoms with E-state index in [1.807, 2.05) is 20.0 Å². The summed E-state index contributed by atoms with van der Waals surface area (Å²) in [5.41, 5.74) is 3.69. The van der Waals surface area contributed by atoms with Gasteiger partial charge < -0.3 is 4.90 Å². The number of fused-ring (bicyclic) bond motifs is 1. The number of carbonyl (C=O) groups is 1. The second-order valence-corrected chi connectivity index (χ2v) is 10.2. The molecule has 206 valence electrons. The van der Waals surface area contributed by atoms with E-state index in [1.54, 1.807) is 47.4 Å². The van der Waals surface area contributed by atoms with E-state index >= 15 is 0 Å². The molecule has 0 radical (unpaired) electrons. The first-order chi connectivity index (χ1) is 19.2. The number of hydrogen-bond acceptors (Lipinski definition) is 5. The zero-order valence-electron chi connectivity index (χ0n) is 22.5. The third-order valence-corrected chi connectivity index (χ3v) is 7.15. The van der Waals surface area contributed by atoms with Crippen molar-refractivity contribution in [3.63, 3.8) is 0 Å². The van der Waals surface area contributed by atoms with Crippen LogP contribution in [0.2, 0.25) is 0 Å². The summed E-state index contributed by atoms with van der Waals surface area (Å²) in [6.45, 7) is 5.75. The second-order valence-electron chi connectivity index (χ2n) is 10.2. The van der Waals surface area contributed by atoms with Crippen LogP contribution in [0.4, 0.5) is 13.2 Å². The van der Waals surface area contributed by atoms with Gasteiger partial charge in [-0.15, -0.1) is 0 Å². The second kappa shape index (κ2) is 11.6.